The van der Waals surface area contributed by atoms with Gasteiger partial charge in [0.15, 0.2) is 0 Å². The van der Waals surface area contributed by atoms with Gasteiger partial charge in [-0.15, -0.1) is 0 Å². The van der Waals surface area contributed by atoms with E-state index in [-0.39, 0.29) is 11.5 Å². The van der Waals surface area contributed by atoms with Crippen LogP contribution in [0, 0.1) is 5.41 Å². The lowest BCUT2D eigenvalue weighted by atomic mass is 9.67. The van der Waals surface area contributed by atoms with Crippen molar-refractivity contribution < 1.29 is 5.11 Å². The SMILES string of the molecule is C=Cc1ccc(C(O)C2(CC)CCCCC2)cc1. The van der Waals surface area contributed by atoms with Gasteiger partial charge in [-0.3, -0.25) is 0 Å². The van der Waals surface area contributed by atoms with Crippen LogP contribution in [0.5, 0.6) is 0 Å². The summed E-state index contributed by atoms with van der Waals surface area (Å²) in [5, 5.41) is 10.7. The zero-order valence-electron chi connectivity index (χ0n) is 11.4. The number of benzene rings is 1. The lowest BCUT2D eigenvalue weighted by molar-refractivity contribution is -0.00910. The third-order valence-electron chi connectivity index (χ3n) is 4.62. The molecular weight excluding hydrogens is 220 g/mol. The molecule has 1 N–H and O–H groups in total. The summed E-state index contributed by atoms with van der Waals surface area (Å²) in [6.45, 7) is 5.98. The van der Waals surface area contributed by atoms with Crippen LogP contribution in [0.1, 0.15) is 62.7 Å². The van der Waals surface area contributed by atoms with E-state index in [1.165, 1.54) is 19.3 Å². The standard InChI is InChI=1S/C17H24O/c1-3-14-8-10-15(11-9-14)16(18)17(4-2)12-6-5-7-13-17/h3,8-11,16,18H,1,4-7,12-13H2,2H3. The molecule has 0 aliphatic heterocycles. The van der Waals surface area contributed by atoms with Gasteiger partial charge in [0.2, 0.25) is 0 Å². The van der Waals surface area contributed by atoms with Crippen molar-refractivity contribution in [3.63, 3.8) is 0 Å². The summed E-state index contributed by atoms with van der Waals surface area (Å²) in [6.07, 6.45) is 8.75. The first-order chi connectivity index (χ1) is 8.72. The van der Waals surface area contributed by atoms with Crippen LogP contribution < -0.4 is 0 Å². The summed E-state index contributed by atoms with van der Waals surface area (Å²) >= 11 is 0. The van der Waals surface area contributed by atoms with E-state index in [1.54, 1.807) is 0 Å². The summed E-state index contributed by atoms with van der Waals surface area (Å²) in [5.41, 5.74) is 2.28. The summed E-state index contributed by atoms with van der Waals surface area (Å²) in [7, 11) is 0. The maximum Gasteiger partial charge on any atom is 0.0846 e. The monoisotopic (exact) mass is 244 g/mol. The predicted molar refractivity (Wildman–Crippen MR) is 77.3 cm³/mol. The molecule has 1 nitrogen and oxygen atoms in total. The van der Waals surface area contributed by atoms with Gasteiger partial charge in [-0.25, -0.2) is 0 Å². The van der Waals surface area contributed by atoms with Crippen molar-refractivity contribution in [2.45, 2.75) is 51.6 Å². The Bertz CT molecular complexity index is 385. The fourth-order valence-corrected chi connectivity index (χ4v) is 3.24. The lowest BCUT2D eigenvalue weighted by Crippen LogP contribution is -2.30. The molecule has 1 unspecified atom stereocenters. The summed E-state index contributed by atoms with van der Waals surface area (Å²) in [4.78, 5) is 0. The average molecular weight is 244 g/mol. The molecule has 0 amide bonds. The fraction of sp³-hybridized carbons (Fsp3) is 0.529. The molecule has 0 heterocycles. The molecule has 1 aromatic rings. The molecule has 1 heteroatoms. The maximum absolute atomic E-state index is 10.7. The number of aliphatic hydroxyl groups is 1. The average Bonchev–Trinajstić information content (AvgIpc) is 2.47. The molecule has 0 spiro atoms. The highest BCUT2D eigenvalue weighted by molar-refractivity contribution is 5.47. The van der Waals surface area contributed by atoms with Crippen molar-refractivity contribution in [2.75, 3.05) is 0 Å². The van der Waals surface area contributed by atoms with Crippen molar-refractivity contribution in [1.82, 2.24) is 0 Å². The Labute approximate surface area is 111 Å². The van der Waals surface area contributed by atoms with Crippen LogP contribution >= 0.6 is 0 Å². The van der Waals surface area contributed by atoms with Crippen LogP contribution in [0.4, 0.5) is 0 Å². The minimum atomic E-state index is -0.318. The van der Waals surface area contributed by atoms with Crippen LogP contribution in [0.2, 0.25) is 0 Å². The van der Waals surface area contributed by atoms with Gasteiger partial charge in [0.25, 0.3) is 0 Å². The van der Waals surface area contributed by atoms with E-state index < -0.39 is 0 Å². The van der Waals surface area contributed by atoms with Crippen LogP contribution in [0.25, 0.3) is 6.08 Å². The molecule has 0 saturated heterocycles. The first kappa shape index (κ1) is 13.4. The van der Waals surface area contributed by atoms with Gasteiger partial charge < -0.3 is 5.11 Å². The molecule has 1 saturated carbocycles. The lowest BCUT2D eigenvalue weighted by Gasteiger charge is -2.40. The molecule has 18 heavy (non-hydrogen) atoms. The third kappa shape index (κ3) is 2.51. The number of hydrogen-bond donors (Lipinski definition) is 1. The predicted octanol–water partition coefficient (Wildman–Crippen LogP) is 4.72. The summed E-state index contributed by atoms with van der Waals surface area (Å²) in [5.74, 6) is 0. The van der Waals surface area contributed by atoms with E-state index in [2.05, 4.69) is 13.5 Å². The molecule has 1 fully saturated rings. The zero-order chi connectivity index (χ0) is 13.0. The van der Waals surface area contributed by atoms with E-state index in [9.17, 15) is 5.11 Å². The van der Waals surface area contributed by atoms with Crippen LogP contribution in [-0.2, 0) is 0 Å². The molecule has 0 radical (unpaired) electrons. The van der Waals surface area contributed by atoms with Crippen LogP contribution in [0.15, 0.2) is 30.8 Å². The highest BCUT2D eigenvalue weighted by Gasteiger charge is 2.37. The second-order valence-electron chi connectivity index (χ2n) is 5.55. The van der Waals surface area contributed by atoms with E-state index >= 15 is 0 Å². The van der Waals surface area contributed by atoms with Gasteiger partial charge in [0, 0.05) is 5.41 Å². The van der Waals surface area contributed by atoms with Crippen molar-refractivity contribution in [3.05, 3.63) is 42.0 Å². The van der Waals surface area contributed by atoms with Crippen molar-refractivity contribution in [3.8, 4) is 0 Å². The molecule has 1 atom stereocenters. The Kier molecular flexibility index (Phi) is 4.23. The number of rotatable bonds is 4. The molecule has 1 aliphatic rings. The Balaban J connectivity index is 2.21. The van der Waals surface area contributed by atoms with Gasteiger partial charge in [-0.2, -0.15) is 0 Å². The normalized spacial score (nSPS) is 20.3. The maximum atomic E-state index is 10.7. The smallest absolute Gasteiger partial charge is 0.0846 e. The first-order valence-electron chi connectivity index (χ1n) is 7.12. The Hall–Kier alpha value is -1.08. The fourth-order valence-electron chi connectivity index (χ4n) is 3.24. The largest absolute Gasteiger partial charge is 0.388 e. The Morgan fingerprint density at radius 3 is 2.33 bits per heavy atom. The minimum absolute atomic E-state index is 0.105. The molecule has 1 aliphatic carbocycles. The molecule has 0 bridgehead atoms. The quantitative estimate of drug-likeness (QED) is 0.812. The van der Waals surface area contributed by atoms with Crippen molar-refractivity contribution in [2.24, 2.45) is 5.41 Å². The van der Waals surface area contributed by atoms with E-state index in [1.807, 2.05) is 30.3 Å². The minimum Gasteiger partial charge on any atom is -0.388 e. The molecule has 2 rings (SSSR count). The van der Waals surface area contributed by atoms with Gasteiger partial charge in [0.05, 0.1) is 6.10 Å². The topological polar surface area (TPSA) is 20.2 Å². The van der Waals surface area contributed by atoms with Gasteiger partial charge in [-0.1, -0.05) is 63.1 Å². The van der Waals surface area contributed by atoms with E-state index in [4.69, 9.17) is 0 Å². The van der Waals surface area contributed by atoms with Crippen LogP contribution in [-0.4, -0.2) is 5.11 Å². The Morgan fingerprint density at radius 2 is 1.83 bits per heavy atom. The number of aliphatic hydroxyl groups excluding tert-OH is 1. The van der Waals surface area contributed by atoms with E-state index in [0.717, 1.165) is 30.4 Å². The highest BCUT2D eigenvalue weighted by atomic mass is 16.3. The Morgan fingerprint density at radius 1 is 1.22 bits per heavy atom. The molecular formula is C17H24O. The second-order valence-corrected chi connectivity index (χ2v) is 5.55. The van der Waals surface area contributed by atoms with Crippen molar-refractivity contribution >= 4 is 6.08 Å². The molecule has 0 aromatic heterocycles. The van der Waals surface area contributed by atoms with Gasteiger partial charge >= 0.3 is 0 Å². The van der Waals surface area contributed by atoms with Gasteiger partial charge in [-0.05, 0) is 30.4 Å². The number of hydrogen-bond acceptors (Lipinski definition) is 1. The van der Waals surface area contributed by atoms with E-state index in [0.29, 0.717) is 0 Å². The second kappa shape index (κ2) is 5.71. The summed E-state index contributed by atoms with van der Waals surface area (Å²) in [6, 6.07) is 8.18. The van der Waals surface area contributed by atoms with Crippen LogP contribution in [0.3, 0.4) is 0 Å². The molecule has 98 valence electrons. The van der Waals surface area contributed by atoms with Gasteiger partial charge in [0.1, 0.15) is 0 Å². The zero-order valence-corrected chi connectivity index (χ0v) is 11.4. The molecule has 1 aromatic carbocycles. The first-order valence-corrected chi connectivity index (χ1v) is 7.12. The third-order valence-corrected chi connectivity index (χ3v) is 4.62. The van der Waals surface area contributed by atoms with Crippen molar-refractivity contribution in [1.29, 1.82) is 0 Å². The highest BCUT2D eigenvalue weighted by Crippen LogP contribution is 2.48. The summed E-state index contributed by atoms with van der Waals surface area (Å²) < 4.78 is 0.